The maximum absolute atomic E-state index is 12.2. The summed E-state index contributed by atoms with van der Waals surface area (Å²) >= 11 is 0. The van der Waals surface area contributed by atoms with Gasteiger partial charge in [0.15, 0.2) is 0 Å². The van der Waals surface area contributed by atoms with Crippen molar-refractivity contribution in [1.82, 2.24) is 9.97 Å². The first kappa shape index (κ1) is 12.4. The lowest BCUT2D eigenvalue weighted by atomic mass is 10.0. The van der Waals surface area contributed by atoms with E-state index >= 15 is 0 Å². The molecule has 0 saturated carbocycles. The van der Waals surface area contributed by atoms with Gasteiger partial charge in [-0.25, -0.2) is 4.98 Å². The summed E-state index contributed by atoms with van der Waals surface area (Å²) in [4.78, 5) is 19.5. The number of aromatic nitrogens is 2. The van der Waals surface area contributed by atoms with Crippen molar-refractivity contribution in [3.63, 3.8) is 0 Å². The van der Waals surface area contributed by atoms with Gasteiger partial charge in [-0.2, -0.15) is 5.26 Å². The zero-order valence-electron chi connectivity index (χ0n) is 11.4. The summed E-state index contributed by atoms with van der Waals surface area (Å²) in [6.45, 7) is 0. The predicted molar refractivity (Wildman–Crippen MR) is 83.8 cm³/mol. The van der Waals surface area contributed by atoms with E-state index < -0.39 is 0 Å². The fourth-order valence-electron chi connectivity index (χ4n) is 2.65. The molecule has 0 aliphatic carbocycles. The van der Waals surface area contributed by atoms with E-state index in [0.717, 1.165) is 27.8 Å². The number of hydrogen-bond donors (Lipinski definition) is 2. The fourth-order valence-corrected chi connectivity index (χ4v) is 2.65. The van der Waals surface area contributed by atoms with Gasteiger partial charge in [0.25, 0.3) is 5.91 Å². The number of carbonyl (C=O) groups is 1. The zero-order chi connectivity index (χ0) is 15.1. The summed E-state index contributed by atoms with van der Waals surface area (Å²) in [6.07, 6.45) is 5.36. The lowest BCUT2D eigenvalue weighted by molar-refractivity contribution is -0.110. The van der Waals surface area contributed by atoms with Crippen molar-refractivity contribution in [2.45, 2.75) is 0 Å². The molecular weight excluding hydrogens is 276 g/mol. The van der Waals surface area contributed by atoms with E-state index in [1.165, 1.54) is 0 Å². The molecular formula is C17H10N4O. The first-order chi connectivity index (χ1) is 10.8. The van der Waals surface area contributed by atoms with Crippen LogP contribution in [-0.2, 0) is 4.79 Å². The zero-order valence-corrected chi connectivity index (χ0v) is 11.4. The molecule has 0 radical (unpaired) electrons. The normalized spacial score (nSPS) is 14.9. The lowest BCUT2D eigenvalue weighted by Crippen LogP contribution is -2.03. The van der Waals surface area contributed by atoms with Crippen molar-refractivity contribution in [2.24, 2.45) is 0 Å². The average molecular weight is 286 g/mol. The number of carbonyl (C=O) groups excluding carboxylic acids is 1. The third-order valence-electron chi connectivity index (χ3n) is 3.71. The van der Waals surface area contributed by atoms with E-state index in [-0.39, 0.29) is 5.91 Å². The molecule has 5 nitrogen and oxygen atoms in total. The third kappa shape index (κ3) is 1.79. The number of H-pyrrole nitrogens is 1. The summed E-state index contributed by atoms with van der Waals surface area (Å²) in [6, 6.07) is 11.1. The van der Waals surface area contributed by atoms with Gasteiger partial charge in [0.1, 0.15) is 5.65 Å². The number of rotatable bonds is 1. The number of amides is 1. The van der Waals surface area contributed by atoms with Crippen molar-refractivity contribution < 1.29 is 4.79 Å². The number of aromatic amines is 1. The molecule has 1 aliphatic heterocycles. The number of nitrogens with one attached hydrogen (secondary N) is 2. The van der Waals surface area contributed by atoms with E-state index in [4.69, 9.17) is 5.26 Å². The molecule has 0 bridgehead atoms. The number of benzene rings is 1. The molecule has 1 aromatic carbocycles. The predicted octanol–water partition coefficient (Wildman–Crippen LogP) is 2.93. The Labute approximate surface area is 125 Å². The molecule has 0 spiro atoms. The number of hydrogen-bond acceptors (Lipinski definition) is 3. The second-order valence-corrected chi connectivity index (χ2v) is 5.03. The standard InChI is InChI=1S/C17H10N4O/c18-8-10-3-4-15-13(6-10)14(17(22)21-15)7-11-9-20-16-12(11)2-1-5-19-16/h1-7,9H,(H,19,20)(H,21,22)/b14-7+. The van der Waals surface area contributed by atoms with Crippen molar-refractivity contribution in [3.8, 4) is 6.07 Å². The number of fused-ring (bicyclic) bond motifs is 2. The third-order valence-corrected chi connectivity index (χ3v) is 3.71. The molecule has 3 aromatic rings. The fraction of sp³-hybridized carbons (Fsp3) is 0. The van der Waals surface area contributed by atoms with Gasteiger partial charge < -0.3 is 10.3 Å². The highest BCUT2D eigenvalue weighted by atomic mass is 16.2. The molecule has 5 heteroatoms. The van der Waals surface area contributed by atoms with E-state index in [1.54, 1.807) is 24.4 Å². The summed E-state index contributed by atoms with van der Waals surface area (Å²) in [5.74, 6) is -0.164. The van der Waals surface area contributed by atoms with Gasteiger partial charge in [-0.05, 0) is 36.4 Å². The molecule has 0 fully saturated rings. The Morgan fingerprint density at radius 3 is 3.05 bits per heavy atom. The van der Waals surface area contributed by atoms with Crippen LogP contribution in [0.25, 0.3) is 22.7 Å². The van der Waals surface area contributed by atoms with Gasteiger partial charge >= 0.3 is 0 Å². The first-order valence-corrected chi connectivity index (χ1v) is 6.76. The average Bonchev–Trinajstić information content (AvgIpc) is 3.09. The minimum atomic E-state index is -0.164. The van der Waals surface area contributed by atoms with Gasteiger partial charge in [0, 0.05) is 40.2 Å². The van der Waals surface area contributed by atoms with Crippen molar-refractivity contribution in [2.75, 3.05) is 5.32 Å². The van der Waals surface area contributed by atoms with Crippen LogP contribution >= 0.6 is 0 Å². The highest BCUT2D eigenvalue weighted by Gasteiger charge is 2.24. The van der Waals surface area contributed by atoms with Gasteiger partial charge in [0.05, 0.1) is 11.6 Å². The summed E-state index contributed by atoms with van der Waals surface area (Å²) in [5, 5.41) is 12.8. The first-order valence-electron chi connectivity index (χ1n) is 6.76. The van der Waals surface area contributed by atoms with Crippen LogP contribution in [-0.4, -0.2) is 15.9 Å². The van der Waals surface area contributed by atoms with Crippen LogP contribution < -0.4 is 5.32 Å². The minimum absolute atomic E-state index is 0.164. The van der Waals surface area contributed by atoms with E-state index in [2.05, 4.69) is 21.4 Å². The molecule has 2 N–H and O–H groups in total. The number of nitriles is 1. The van der Waals surface area contributed by atoms with Crippen LogP contribution in [0.4, 0.5) is 5.69 Å². The quantitative estimate of drug-likeness (QED) is 0.675. The molecule has 0 atom stereocenters. The molecule has 3 heterocycles. The molecule has 2 aromatic heterocycles. The Kier molecular flexibility index (Phi) is 2.57. The second kappa shape index (κ2) is 4.57. The molecule has 4 rings (SSSR count). The van der Waals surface area contributed by atoms with Crippen LogP contribution in [0.3, 0.4) is 0 Å². The largest absolute Gasteiger partial charge is 0.346 e. The van der Waals surface area contributed by atoms with Gasteiger partial charge in [0.2, 0.25) is 0 Å². The molecule has 0 saturated heterocycles. The van der Waals surface area contributed by atoms with Gasteiger partial charge in [-0.1, -0.05) is 0 Å². The second-order valence-electron chi connectivity index (χ2n) is 5.03. The Hall–Kier alpha value is -3.39. The Bertz CT molecular complexity index is 991. The van der Waals surface area contributed by atoms with Crippen LogP contribution in [0.2, 0.25) is 0 Å². The number of anilines is 1. The van der Waals surface area contributed by atoms with Crippen molar-refractivity contribution >= 4 is 34.3 Å². The van der Waals surface area contributed by atoms with Crippen LogP contribution in [0, 0.1) is 11.3 Å². The summed E-state index contributed by atoms with van der Waals surface area (Å²) in [7, 11) is 0. The van der Waals surface area contributed by atoms with Crippen LogP contribution in [0.1, 0.15) is 16.7 Å². The molecule has 22 heavy (non-hydrogen) atoms. The smallest absolute Gasteiger partial charge is 0.256 e. The maximum atomic E-state index is 12.2. The summed E-state index contributed by atoms with van der Waals surface area (Å²) in [5.41, 5.74) is 4.23. The number of pyridine rings is 1. The molecule has 1 amide bonds. The monoisotopic (exact) mass is 286 g/mol. The highest BCUT2D eigenvalue weighted by Crippen LogP contribution is 2.34. The van der Waals surface area contributed by atoms with Gasteiger partial charge in [-0.15, -0.1) is 0 Å². The topological polar surface area (TPSA) is 81.6 Å². The molecule has 104 valence electrons. The summed E-state index contributed by atoms with van der Waals surface area (Å²) < 4.78 is 0. The van der Waals surface area contributed by atoms with Crippen molar-refractivity contribution in [1.29, 1.82) is 5.26 Å². The lowest BCUT2D eigenvalue weighted by Gasteiger charge is -1.99. The highest BCUT2D eigenvalue weighted by molar-refractivity contribution is 6.35. The van der Waals surface area contributed by atoms with E-state index in [1.807, 2.05) is 24.4 Å². The number of nitrogens with zero attached hydrogens (tertiary/aromatic N) is 2. The van der Waals surface area contributed by atoms with E-state index in [0.29, 0.717) is 11.1 Å². The Morgan fingerprint density at radius 2 is 2.18 bits per heavy atom. The maximum Gasteiger partial charge on any atom is 0.256 e. The minimum Gasteiger partial charge on any atom is -0.346 e. The van der Waals surface area contributed by atoms with Gasteiger partial charge in [-0.3, -0.25) is 4.79 Å². The SMILES string of the molecule is N#Cc1ccc2c(c1)/C(=C\c1c[nH]c3ncccc13)C(=O)N2. The Morgan fingerprint density at radius 1 is 1.27 bits per heavy atom. The van der Waals surface area contributed by atoms with Crippen LogP contribution in [0.5, 0.6) is 0 Å². The Balaban J connectivity index is 1.90. The van der Waals surface area contributed by atoms with Crippen molar-refractivity contribution in [3.05, 3.63) is 59.4 Å². The molecule has 0 unspecified atom stereocenters. The van der Waals surface area contributed by atoms with Crippen LogP contribution in [0.15, 0.2) is 42.7 Å². The molecule has 1 aliphatic rings. The van der Waals surface area contributed by atoms with E-state index in [9.17, 15) is 4.79 Å².